The molecule has 0 fully saturated rings. The molecule has 18 heavy (non-hydrogen) atoms. The van der Waals surface area contributed by atoms with Gasteiger partial charge in [-0.1, -0.05) is 17.7 Å². The molecule has 3 N–H and O–H groups in total. The second-order valence-corrected chi connectivity index (χ2v) is 4.31. The van der Waals surface area contributed by atoms with Crippen LogP contribution in [-0.4, -0.2) is 5.91 Å². The molecule has 4 nitrogen and oxygen atoms in total. The van der Waals surface area contributed by atoms with E-state index in [1.54, 1.807) is 24.3 Å². The quantitative estimate of drug-likeness (QED) is 0.896. The third-order valence-corrected chi connectivity index (χ3v) is 2.79. The Hall–Kier alpha value is -1.78. The predicted molar refractivity (Wildman–Crippen MR) is 70.7 cm³/mol. The van der Waals surface area contributed by atoms with Gasteiger partial charge in [0.25, 0.3) is 5.91 Å². The zero-order valence-electron chi connectivity index (χ0n) is 9.87. The van der Waals surface area contributed by atoms with E-state index in [0.717, 1.165) is 5.56 Å². The van der Waals surface area contributed by atoms with Crippen molar-refractivity contribution in [3.8, 4) is 0 Å². The maximum absolute atomic E-state index is 11.9. The average molecular weight is 265 g/mol. The van der Waals surface area contributed by atoms with Crippen LogP contribution in [0.3, 0.4) is 0 Å². The summed E-state index contributed by atoms with van der Waals surface area (Å²) in [7, 11) is 0. The van der Waals surface area contributed by atoms with Crippen molar-refractivity contribution in [2.45, 2.75) is 13.5 Å². The summed E-state index contributed by atoms with van der Waals surface area (Å²) in [6, 6.07) is 8.67. The maximum atomic E-state index is 11.9. The Labute approximate surface area is 110 Å². The van der Waals surface area contributed by atoms with Crippen molar-refractivity contribution in [1.29, 1.82) is 0 Å². The van der Waals surface area contributed by atoms with Gasteiger partial charge in [0.05, 0.1) is 17.3 Å². The van der Waals surface area contributed by atoms with E-state index in [9.17, 15) is 4.79 Å². The van der Waals surface area contributed by atoms with Gasteiger partial charge in [0.15, 0.2) is 5.76 Å². The Morgan fingerprint density at radius 3 is 2.83 bits per heavy atom. The number of benzene rings is 1. The Kier molecular flexibility index (Phi) is 3.69. The van der Waals surface area contributed by atoms with Gasteiger partial charge in [0, 0.05) is 0 Å². The molecule has 0 radical (unpaired) electrons. The molecule has 0 aliphatic heterocycles. The van der Waals surface area contributed by atoms with Crippen LogP contribution in [-0.2, 0) is 6.54 Å². The summed E-state index contributed by atoms with van der Waals surface area (Å²) < 4.78 is 5.26. The highest BCUT2D eigenvalue weighted by molar-refractivity contribution is 6.33. The highest BCUT2D eigenvalue weighted by atomic mass is 35.5. The van der Waals surface area contributed by atoms with Crippen molar-refractivity contribution in [2.24, 2.45) is 5.73 Å². The molecule has 0 spiro atoms. The third-order valence-electron chi connectivity index (χ3n) is 2.46. The molecular weight excluding hydrogens is 252 g/mol. The molecule has 0 unspecified atom stereocenters. The largest absolute Gasteiger partial charge is 0.455 e. The van der Waals surface area contributed by atoms with Crippen molar-refractivity contribution in [3.63, 3.8) is 0 Å². The van der Waals surface area contributed by atoms with E-state index >= 15 is 0 Å². The lowest BCUT2D eigenvalue weighted by atomic mass is 10.2. The lowest BCUT2D eigenvalue weighted by Crippen LogP contribution is -2.11. The van der Waals surface area contributed by atoms with E-state index in [0.29, 0.717) is 16.5 Å². The fourth-order valence-electron chi connectivity index (χ4n) is 1.53. The predicted octanol–water partition coefficient (Wildman–Crippen LogP) is 2.95. The fraction of sp³-hybridized carbons (Fsp3) is 0.154. The molecule has 0 atom stereocenters. The van der Waals surface area contributed by atoms with Crippen LogP contribution in [0, 0.1) is 6.92 Å². The molecule has 2 aromatic rings. The van der Waals surface area contributed by atoms with Gasteiger partial charge in [-0.05, 0) is 36.8 Å². The lowest BCUT2D eigenvalue weighted by molar-refractivity contribution is 0.0995. The summed E-state index contributed by atoms with van der Waals surface area (Å²) in [6.45, 7) is 2.18. The lowest BCUT2D eigenvalue weighted by Gasteiger charge is -2.06. The Morgan fingerprint density at radius 2 is 2.17 bits per heavy atom. The van der Waals surface area contributed by atoms with Crippen molar-refractivity contribution in [3.05, 3.63) is 52.4 Å². The van der Waals surface area contributed by atoms with Gasteiger partial charge >= 0.3 is 0 Å². The van der Waals surface area contributed by atoms with Gasteiger partial charge in [-0.15, -0.1) is 0 Å². The molecule has 0 saturated heterocycles. The van der Waals surface area contributed by atoms with Crippen LogP contribution in [0.2, 0.25) is 5.02 Å². The van der Waals surface area contributed by atoms with Crippen LogP contribution in [0.25, 0.3) is 0 Å². The topological polar surface area (TPSA) is 68.3 Å². The molecule has 0 bridgehead atoms. The number of nitrogens with one attached hydrogen (secondary N) is 1. The number of rotatable bonds is 3. The van der Waals surface area contributed by atoms with E-state index in [4.69, 9.17) is 21.8 Å². The number of nitrogens with two attached hydrogens (primary N) is 1. The summed E-state index contributed by atoms with van der Waals surface area (Å²) in [6.07, 6.45) is 0. The summed E-state index contributed by atoms with van der Waals surface area (Å²) >= 11 is 5.99. The first-order valence-corrected chi connectivity index (χ1v) is 5.84. The second kappa shape index (κ2) is 5.25. The van der Waals surface area contributed by atoms with Gasteiger partial charge in [-0.3, -0.25) is 4.79 Å². The monoisotopic (exact) mass is 264 g/mol. The van der Waals surface area contributed by atoms with Crippen LogP contribution in [0.15, 0.2) is 34.7 Å². The third kappa shape index (κ3) is 2.72. The van der Waals surface area contributed by atoms with Crippen molar-refractivity contribution in [1.82, 2.24) is 0 Å². The number of hydrogen-bond acceptors (Lipinski definition) is 3. The Balaban J connectivity index is 2.18. The van der Waals surface area contributed by atoms with Crippen LogP contribution in [0.1, 0.15) is 21.9 Å². The molecule has 2 rings (SSSR count). The molecule has 1 aromatic heterocycles. The first-order chi connectivity index (χ1) is 8.60. The van der Waals surface area contributed by atoms with Crippen LogP contribution in [0.5, 0.6) is 0 Å². The Bertz CT molecular complexity index is 578. The van der Waals surface area contributed by atoms with E-state index in [2.05, 4.69) is 5.32 Å². The molecular formula is C13H13ClN2O2. The number of carbonyl (C=O) groups is 1. The number of hydrogen-bond donors (Lipinski definition) is 2. The zero-order chi connectivity index (χ0) is 13.1. The summed E-state index contributed by atoms with van der Waals surface area (Å²) in [5.41, 5.74) is 6.99. The van der Waals surface area contributed by atoms with Crippen molar-refractivity contribution >= 4 is 23.2 Å². The number of carbonyl (C=O) groups excluding carboxylic acids is 1. The van der Waals surface area contributed by atoms with Crippen molar-refractivity contribution in [2.75, 3.05) is 5.32 Å². The zero-order valence-corrected chi connectivity index (χ0v) is 10.6. The molecule has 1 amide bonds. The van der Waals surface area contributed by atoms with Gasteiger partial charge < -0.3 is 15.5 Å². The van der Waals surface area contributed by atoms with Crippen LogP contribution >= 0.6 is 11.6 Å². The van der Waals surface area contributed by atoms with E-state index < -0.39 is 0 Å². The molecule has 1 heterocycles. The second-order valence-electron chi connectivity index (χ2n) is 3.91. The minimum absolute atomic E-state index is 0.216. The van der Waals surface area contributed by atoms with Gasteiger partial charge in [0.2, 0.25) is 0 Å². The molecule has 5 heteroatoms. The molecule has 1 aromatic carbocycles. The fourth-order valence-corrected chi connectivity index (χ4v) is 1.69. The van der Waals surface area contributed by atoms with Crippen molar-refractivity contribution < 1.29 is 9.21 Å². The molecule has 94 valence electrons. The van der Waals surface area contributed by atoms with Gasteiger partial charge in [-0.2, -0.15) is 0 Å². The highest BCUT2D eigenvalue weighted by Gasteiger charge is 2.12. The minimum atomic E-state index is -0.345. The Morgan fingerprint density at radius 1 is 1.39 bits per heavy atom. The normalized spacial score (nSPS) is 10.4. The summed E-state index contributed by atoms with van der Waals surface area (Å²) in [4.78, 5) is 11.9. The molecule has 0 saturated carbocycles. The highest BCUT2D eigenvalue weighted by Crippen LogP contribution is 2.23. The smallest absolute Gasteiger partial charge is 0.291 e. The van der Waals surface area contributed by atoms with Gasteiger partial charge in [0.1, 0.15) is 5.76 Å². The van der Waals surface area contributed by atoms with E-state index in [1.807, 2.05) is 13.0 Å². The number of aryl methyl sites for hydroxylation is 1. The maximum Gasteiger partial charge on any atom is 0.291 e. The molecule has 0 aliphatic rings. The summed E-state index contributed by atoms with van der Waals surface area (Å²) in [5, 5.41) is 3.18. The standard InChI is InChI=1S/C13H13ClN2O2/c1-8-2-4-10(14)11(6-8)16-13(17)12-5-3-9(7-15)18-12/h2-6H,7,15H2,1H3,(H,16,17). The van der Waals surface area contributed by atoms with Gasteiger partial charge in [-0.25, -0.2) is 0 Å². The van der Waals surface area contributed by atoms with E-state index in [-0.39, 0.29) is 18.2 Å². The number of amides is 1. The number of anilines is 1. The first-order valence-electron chi connectivity index (χ1n) is 5.46. The van der Waals surface area contributed by atoms with Crippen LogP contribution in [0.4, 0.5) is 5.69 Å². The molecule has 0 aliphatic carbocycles. The number of halogens is 1. The van der Waals surface area contributed by atoms with E-state index in [1.165, 1.54) is 0 Å². The minimum Gasteiger partial charge on any atom is -0.455 e. The number of furan rings is 1. The average Bonchev–Trinajstić information content (AvgIpc) is 2.82. The first kappa shape index (κ1) is 12.7. The SMILES string of the molecule is Cc1ccc(Cl)c(NC(=O)c2ccc(CN)o2)c1. The summed E-state index contributed by atoms with van der Waals surface area (Å²) in [5.74, 6) is 0.436. The van der Waals surface area contributed by atoms with Crippen LogP contribution < -0.4 is 11.1 Å².